The Kier molecular flexibility index (Phi) is 11.9. The summed E-state index contributed by atoms with van der Waals surface area (Å²) in [6.07, 6.45) is 0. The molecule has 0 heterocycles. The minimum absolute atomic E-state index is 0.0720. The maximum atomic E-state index is 2.60. The Hall–Kier alpha value is -4.39. The van der Waals surface area contributed by atoms with Crippen LogP contribution >= 0.6 is 0 Å². The van der Waals surface area contributed by atoms with Gasteiger partial charge in [0.2, 0.25) is 0 Å². The van der Waals surface area contributed by atoms with Gasteiger partial charge in [-0.1, -0.05) is 169 Å². The van der Waals surface area contributed by atoms with E-state index < -0.39 is 16.1 Å². The predicted octanol–water partition coefficient (Wildman–Crippen LogP) is 16.4. The Labute approximate surface area is 367 Å². The number of aryl methyl sites for hydroxylation is 2. The molecule has 0 fully saturated rings. The van der Waals surface area contributed by atoms with Crippen LogP contribution in [0.2, 0.25) is 36.3 Å². The third-order valence-corrected chi connectivity index (χ3v) is 25.2. The third kappa shape index (κ3) is 8.83. The average Bonchev–Trinajstić information content (AvgIpc) is 3.15. The molecule has 0 aromatic heterocycles. The van der Waals surface area contributed by atoms with E-state index in [1.165, 1.54) is 77.5 Å². The van der Waals surface area contributed by atoms with Gasteiger partial charge in [0.05, 0.1) is 16.1 Å². The zero-order valence-corrected chi connectivity index (χ0v) is 42.4. The molecular formula is C56H74N2Si2. The fourth-order valence-corrected chi connectivity index (χ4v) is 12.4. The molecule has 6 aromatic carbocycles. The summed E-state index contributed by atoms with van der Waals surface area (Å²) in [5.41, 5.74) is 12.5. The molecule has 0 atom stereocenters. The molecule has 0 N–H and O–H groups in total. The van der Waals surface area contributed by atoms with E-state index in [1.807, 2.05) is 0 Å². The first-order valence-corrected chi connectivity index (χ1v) is 28.2. The van der Waals surface area contributed by atoms with Crippen LogP contribution in [0.4, 0.5) is 34.1 Å². The van der Waals surface area contributed by atoms with Gasteiger partial charge >= 0.3 is 0 Å². The number of nitrogens with zero attached hydrogens (tertiary/aromatic N) is 2. The molecule has 2 nitrogen and oxygen atoms in total. The van der Waals surface area contributed by atoms with Gasteiger partial charge in [-0.15, -0.1) is 0 Å². The second-order valence-electron chi connectivity index (χ2n) is 22.8. The lowest BCUT2D eigenvalue weighted by molar-refractivity contribution is 0.590. The quantitative estimate of drug-likeness (QED) is 0.141. The number of fused-ring (bicyclic) bond motifs is 1. The monoisotopic (exact) mass is 831 g/mol. The highest BCUT2D eigenvalue weighted by molar-refractivity contribution is 6.95. The third-order valence-electron chi connectivity index (χ3n) is 14.2. The van der Waals surface area contributed by atoms with Gasteiger partial charge in [-0.2, -0.15) is 0 Å². The second kappa shape index (κ2) is 15.8. The summed E-state index contributed by atoms with van der Waals surface area (Å²) in [4.78, 5) is 5.03. The van der Waals surface area contributed by atoms with Crippen molar-refractivity contribution in [2.24, 2.45) is 0 Å². The zero-order chi connectivity index (χ0) is 44.4. The van der Waals surface area contributed by atoms with E-state index in [4.69, 9.17) is 0 Å². The molecule has 0 amide bonds. The van der Waals surface area contributed by atoms with E-state index in [0.717, 1.165) is 0 Å². The van der Waals surface area contributed by atoms with Gasteiger partial charge in [-0.25, -0.2) is 0 Å². The summed E-state index contributed by atoms with van der Waals surface area (Å²) in [5, 5.41) is 6.04. The number of anilines is 6. The van der Waals surface area contributed by atoms with Crippen molar-refractivity contribution in [1.29, 1.82) is 0 Å². The topological polar surface area (TPSA) is 6.48 Å². The maximum Gasteiger partial charge on any atom is 0.0868 e. The van der Waals surface area contributed by atoms with Crippen molar-refractivity contribution in [2.45, 2.75) is 144 Å². The van der Waals surface area contributed by atoms with Crippen molar-refractivity contribution in [1.82, 2.24) is 0 Å². The van der Waals surface area contributed by atoms with Gasteiger partial charge in [-0.3, -0.25) is 0 Å². The van der Waals surface area contributed by atoms with Crippen molar-refractivity contribution in [3.63, 3.8) is 0 Å². The molecule has 316 valence electrons. The van der Waals surface area contributed by atoms with Crippen LogP contribution in [0.5, 0.6) is 0 Å². The minimum atomic E-state index is -2.18. The number of benzene rings is 6. The van der Waals surface area contributed by atoms with Crippen molar-refractivity contribution in [3.05, 3.63) is 144 Å². The molecule has 0 spiro atoms. The van der Waals surface area contributed by atoms with E-state index in [1.54, 1.807) is 0 Å². The normalized spacial score (nSPS) is 13.2. The highest BCUT2D eigenvalue weighted by atomic mass is 28.3. The number of rotatable bonds is 8. The summed E-state index contributed by atoms with van der Waals surface area (Å²) in [5.74, 6) is 0. The molecular weight excluding hydrogens is 757 g/mol. The van der Waals surface area contributed by atoms with Gasteiger partial charge in [0.1, 0.15) is 0 Å². The van der Waals surface area contributed by atoms with Gasteiger partial charge in [0.15, 0.2) is 0 Å². The first-order chi connectivity index (χ1) is 27.6. The maximum absolute atomic E-state index is 2.60. The molecule has 0 radical (unpaired) electrons. The van der Waals surface area contributed by atoms with E-state index in [2.05, 4.69) is 254 Å². The predicted molar refractivity (Wildman–Crippen MR) is 274 cm³/mol. The number of hydrogen-bond donors (Lipinski definition) is 0. The van der Waals surface area contributed by atoms with Crippen molar-refractivity contribution in [2.75, 3.05) is 9.80 Å². The van der Waals surface area contributed by atoms with E-state index in [0.29, 0.717) is 0 Å². The van der Waals surface area contributed by atoms with E-state index in [-0.39, 0.29) is 20.9 Å². The first-order valence-electron chi connectivity index (χ1n) is 22.2. The largest absolute Gasteiger partial charge is 0.310 e. The lowest BCUT2D eigenvalue weighted by Gasteiger charge is -2.42. The summed E-state index contributed by atoms with van der Waals surface area (Å²) >= 11 is 0. The van der Waals surface area contributed by atoms with E-state index >= 15 is 0 Å². The summed E-state index contributed by atoms with van der Waals surface area (Å²) in [6, 6.07) is 47.1. The molecule has 0 aliphatic rings. The highest BCUT2D eigenvalue weighted by Gasteiger charge is 2.42. The van der Waals surface area contributed by atoms with Crippen LogP contribution in [0.25, 0.3) is 10.8 Å². The SMILES string of the molecule is Cc1ccc(N(c2ccc(C(C)(C)C)cc2)c2cc([Si](C)(C)C(C)(C)C)c3cc(N(c4ccc(C)cc4)c4ccc(C(C)(C)C)cc4)cc([Si](C)(C)C(C)(C)C)c3c2)cc1. The molecule has 0 unspecified atom stereocenters. The fraction of sp³-hybridized carbons (Fsp3) is 0.393. The number of hydrogen-bond acceptors (Lipinski definition) is 2. The first kappa shape index (κ1) is 45.1. The average molecular weight is 831 g/mol. The smallest absolute Gasteiger partial charge is 0.0868 e. The lowest BCUT2D eigenvalue weighted by Crippen LogP contribution is -2.52. The molecule has 60 heavy (non-hydrogen) atoms. The van der Waals surface area contributed by atoms with Gasteiger partial charge < -0.3 is 9.80 Å². The molecule has 6 aromatic rings. The fourth-order valence-electron chi connectivity index (χ4n) is 8.04. The van der Waals surface area contributed by atoms with Crippen LogP contribution in [0, 0.1) is 13.8 Å². The van der Waals surface area contributed by atoms with Gasteiger partial charge in [0, 0.05) is 34.1 Å². The summed E-state index contributed by atoms with van der Waals surface area (Å²) < 4.78 is 0. The van der Waals surface area contributed by atoms with Crippen LogP contribution in [0.15, 0.2) is 121 Å². The molecule has 0 saturated carbocycles. The zero-order valence-electron chi connectivity index (χ0n) is 40.4. The van der Waals surface area contributed by atoms with Crippen LogP contribution in [-0.4, -0.2) is 16.1 Å². The van der Waals surface area contributed by atoms with Crippen LogP contribution < -0.4 is 20.2 Å². The Morgan fingerprint density at radius 2 is 0.583 bits per heavy atom. The molecule has 6 rings (SSSR count). The van der Waals surface area contributed by atoms with Crippen molar-refractivity contribution >= 4 is 71.4 Å². The lowest BCUT2D eigenvalue weighted by atomic mass is 9.87. The summed E-state index contributed by atoms with van der Waals surface area (Å²) in [6.45, 7) is 43.3. The van der Waals surface area contributed by atoms with Gasteiger partial charge in [0.25, 0.3) is 0 Å². The van der Waals surface area contributed by atoms with Crippen molar-refractivity contribution in [3.8, 4) is 0 Å². The Morgan fingerprint density at radius 1 is 0.333 bits per heavy atom. The van der Waals surface area contributed by atoms with E-state index in [9.17, 15) is 0 Å². The van der Waals surface area contributed by atoms with Crippen molar-refractivity contribution < 1.29 is 0 Å². The molecule has 0 aliphatic carbocycles. The summed E-state index contributed by atoms with van der Waals surface area (Å²) in [7, 11) is -4.35. The molecule has 0 saturated heterocycles. The molecule has 0 bridgehead atoms. The molecule has 4 heteroatoms. The van der Waals surface area contributed by atoms with Gasteiger partial charge in [-0.05, 0) is 140 Å². The Balaban J connectivity index is 1.77. The Morgan fingerprint density at radius 3 is 0.817 bits per heavy atom. The van der Waals surface area contributed by atoms with Crippen LogP contribution in [-0.2, 0) is 10.8 Å². The standard InChI is InChI=1S/C56H74N2Si2/c1-39-19-27-43(28-20-39)57(45-31-23-41(24-32-45)53(3,4)5)47-35-49-50(51(37-47)59(15,16)55(9,10)11)36-48(38-52(49)60(17,18)56(12,13)14)58(44-29-21-40(2)22-30-44)46-33-25-42(26-34-46)54(6,7)8/h19-38H,1-18H3. The van der Waals surface area contributed by atoms with Crippen LogP contribution in [0.3, 0.4) is 0 Å². The Bertz CT molecular complexity index is 2270. The second-order valence-corrected chi connectivity index (χ2v) is 33.3. The highest BCUT2D eigenvalue weighted by Crippen LogP contribution is 2.45. The minimum Gasteiger partial charge on any atom is -0.310 e. The molecule has 0 aliphatic heterocycles. The van der Waals surface area contributed by atoms with Crippen LogP contribution in [0.1, 0.15) is 105 Å².